The van der Waals surface area contributed by atoms with E-state index in [1.165, 1.54) is 11.3 Å². The Hall–Kier alpha value is -2.20. The van der Waals surface area contributed by atoms with Gasteiger partial charge in [-0.2, -0.15) is 13.2 Å². The topological polar surface area (TPSA) is 67.4 Å². The number of carbonyl (C=O) groups is 1. The summed E-state index contributed by atoms with van der Waals surface area (Å²) < 4.78 is 45.4. The molecule has 6 nitrogen and oxygen atoms in total. The van der Waals surface area contributed by atoms with Crippen molar-refractivity contribution in [1.82, 2.24) is 15.3 Å². The first-order valence-corrected chi connectivity index (χ1v) is 11.2. The van der Waals surface area contributed by atoms with Crippen molar-refractivity contribution in [3.05, 3.63) is 29.7 Å². The van der Waals surface area contributed by atoms with E-state index in [2.05, 4.69) is 15.2 Å². The molecule has 0 bridgehead atoms. The second-order valence-corrected chi connectivity index (χ2v) is 9.26. The van der Waals surface area contributed by atoms with Crippen molar-refractivity contribution in [3.8, 4) is 10.4 Å². The number of anilines is 1. The summed E-state index contributed by atoms with van der Waals surface area (Å²) in [5.41, 5.74) is 0.0134. The van der Waals surface area contributed by atoms with Crippen LogP contribution in [0.1, 0.15) is 44.5 Å². The molecule has 0 spiro atoms. The van der Waals surface area contributed by atoms with Crippen LogP contribution in [0.2, 0.25) is 0 Å². The van der Waals surface area contributed by atoms with E-state index in [0.717, 1.165) is 25.1 Å². The zero-order chi connectivity index (χ0) is 22.2. The predicted molar refractivity (Wildman–Crippen MR) is 112 cm³/mol. The Labute approximate surface area is 182 Å². The molecule has 1 aliphatic carbocycles. The van der Waals surface area contributed by atoms with Crippen LogP contribution in [-0.4, -0.2) is 41.2 Å². The highest BCUT2D eigenvalue weighted by Gasteiger charge is 2.33. The lowest BCUT2D eigenvalue weighted by molar-refractivity contribution is -0.141. The number of rotatable bonds is 6. The fourth-order valence-corrected chi connectivity index (χ4v) is 4.82. The molecule has 4 rings (SSSR count). The molecule has 2 fully saturated rings. The third-order valence-corrected chi connectivity index (χ3v) is 6.52. The second-order valence-electron chi connectivity index (χ2n) is 8.29. The molecule has 2 aromatic rings. The third-order valence-electron chi connectivity index (χ3n) is 5.31. The molecule has 0 radical (unpaired) electrons. The van der Waals surface area contributed by atoms with Crippen molar-refractivity contribution in [1.29, 1.82) is 0 Å². The zero-order valence-corrected chi connectivity index (χ0v) is 18.2. The second kappa shape index (κ2) is 8.74. The Kier molecular flexibility index (Phi) is 6.20. The number of thiazole rings is 1. The molecule has 3 heterocycles. The Morgan fingerprint density at radius 1 is 1.29 bits per heavy atom. The molecule has 1 saturated carbocycles. The minimum absolute atomic E-state index is 0.0237. The van der Waals surface area contributed by atoms with Crippen molar-refractivity contribution < 1.29 is 22.7 Å². The highest BCUT2D eigenvalue weighted by Crippen LogP contribution is 2.38. The highest BCUT2D eigenvalue weighted by molar-refractivity contribution is 7.19. The van der Waals surface area contributed by atoms with Gasteiger partial charge in [0, 0.05) is 25.7 Å². The van der Waals surface area contributed by atoms with Crippen LogP contribution < -0.4 is 10.2 Å². The number of pyridine rings is 1. The summed E-state index contributed by atoms with van der Waals surface area (Å²) in [6.07, 6.45) is -0.693. The average Bonchev–Trinajstić information content (AvgIpc) is 3.40. The van der Waals surface area contributed by atoms with Crippen molar-refractivity contribution in [2.45, 2.75) is 58.0 Å². The standard InChI is InChI=1S/C21H25F3N4O2S/c1-12-10-28(11-13(2)30-12)20-27-16(9-26-18(29)7-14-3-4-14)19(31-20)15-5-6-25-17(8-15)21(22,23)24/h5-6,8,12-14H,3-4,7,9-11H2,1-2H3,(H,26,29)/t12-,13+. The summed E-state index contributed by atoms with van der Waals surface area (Å²) in [7, 11) is 0. The van der Waals surface area contributed by atoms with Gasteiger partial charge in [-0.1, -0.05) is 11.3 Å². The number of morpholine rings is 1. The summed E-state index contributed by atoms with van der Waals surface area (Å²) in [5, 5.41) is 3.60. The Balaban J connectivity index is 1.63. The number of nitrogens with one attached hydrogen (secondary N) is 1. The molecule has 1 N–H and O–H groups in total. The van der Waals surface area contributed by atoms with E-state index in [1.54, 1.807) is 6.07 Å². The molecule has 1 aliphatic heterocycles. The van der Waals surface area contributed by atoms with E-state index >= 15 is 0 Å². The van der Waals surface area contributed by atoms with Crippen LogP contribution in [0.4, 0.5) is 18.3 Å². The Morgan fingerprint density at radius 2 is 2.00 bits per heavy atom. The van der Waals surface area contributed by atoms with Gasteiger partial charge in [0.05, 0.1) is 29.3 Å². The minimum Gasteiger partial charge on any atom is -0.372 e. The molecule has 1 saturated heterocycles. The number of alkyl halides is 3. The molecule has 2 aromatic heterocycles. The highest BCUT2D eigenvalue weighted by atomic mass is 32.1. The minimum atomic E-state index is -4.53. The lowest BCUT2D eigenvalue weighted by Gasteiger charge is -2.35. The predicted octanol–water partition coefficient (Wildman–Crippen LogP) is 4.25. The van der Waals surface area contributed by atoms with Gasteiger partial charge >= 0.3 is 6.18 Å². The number of ether oxygens (including phenoxy) is 1. The Bertz CT molecular complexity index is 935. The quantitative estimate of drug-likeness (QED) is 0.707. The van der Waals surface area contributed by atoms with Gasteiger partial charge in [-0.3, -0.25) is 9.78 Å². The normalized spacial score (nSPS) is 21.9. The molecule has 2 aliphatic rings. The van der Waals surface area contributed by atoms with E-state index in [4.69, 9.17) is 9.72 Å². The number of hydrogen-bond donors (Lipinski definition) is 1. The van der Waals surface area contributed by atoms with Gasteiger partial charge in [0.1, 0.15) is 5.69 Å². The van der Waals surface area contributed by atoms with E-state index in [1.807, 2.05) is 13.8 Å². The van der Waals surface area contributed by atoms with Crippen LogP contribution in [0.25, 0.3) is 10.4 Å². The number of amides is 1. The molecule has 0 aromatic carbocycles. The van der Waals surface area contributed by atoms with Crippen molar-refractivity contribution in [3.63, 3.8) is 0 Å². The van der Waals surface area contributed by atoms with Crippen LogP contribution in [0.5, 0.6) is 0 Å². The molecular formula is C21H25F3N4O2S. The summed E-state index contributed by atoms with van der Waals surface area (Å²) in [4.78, 5) is 23.0. The van der Waals surface area contributed by atoms with Gasteiger partial charge in [0.25, 0.3) is 0 Å². The molecular weight excluding hydrogens is 429 g/mol. The van der Waals surface area contributed by atoms with Crippen LogP contribution in [0, 0.1) is 5.92 Å². The van der Waals surface area contributed by atoms with Crippen molar-refractivity contribution in [2.75, 3.05) is 18.0 Å². The number of aromatic nitrogens is 2. The smallest absolute Gasteiger partial charge is 0.372 e. The average molecular weight is 455 g/mol. The van der Waals surface area contributed by atoms with Crippen LogP contribution >= 0.6 is 11.3 Å². The maximum atomic E-state index is 13.2. The number of halogens is 3. The lowest BCUT2D eigenvalue weighted by atomic mass is 10.1. The van der Waals surface area contributed by atoms with E-state index in [9.17, 15) is 18.0 Å². The number of nitrogens with zero attached hydrogens (tertiary/aromatic N) is 3. The summed E-state index contributed by atoms with van der Waals surface area (Å²) in [6.45, 7) is 5.43. The monoisotopic (exact) mass is 454 g/mol. The van der Waals surface area contributed by atoms with Gasteiger partial charge < -0.3 is 15.0 Å². The fourth-order valence-electron chi connectivity index (χ4n) is 3.72. The Morgan fingerprint density at radius 3 is 2.65 bits per heavy atom. The van der Waals surface area contributed by atoms with Crippen molar-refractivity contribution in [2.24, 2.45) is 5.92 Å². The molecule has 1 amide bonds. The summed E-state index contributed by atoms with van der Waals surface area (Å²) in [5.74, 6) is 0.402. The summed E-state index contributed by atoms with van der Waals surface area (Å²) >= 11 is 1.33. The van der Waals surface area contributed by atoms with Crippen LogP contribution in [0.15, 0.2) is 18.3 Å². The number of carbonyl (C=O) groups excluding carboxylic acids is 1. The van der Waals surface area contributed by atoms with Gasteiger partial charge in [-0.05, 0) is 50.3 Å². The molecule has 168 valence electrons. The maximum Gasteiger partial charge on any atom is 0.433 e. The number of hydrogen-bond acceptors (Lipinski definition) is 6. The van der Waals surface area contributed by atoms with Gasteiger partial charge in [0.15, 0.2) is 5.13 Å². The van der Waals surface area contributed by atoms with E-state index < -0.39 is 11.9 Å². The van der Waals surface area contributed by atoms with Crippen LogP contribution in [0.3, 0.4) is 0 Å². The molecule has 2 atom stereocenters. The fraction of sp³-hybridized carbons (Fsp3) is 0.571. The molecule has 10 heteroatoms. The van der Waals surface area contributed by atoms with Gasteiger partial charge in [-0.15, -0.1) is 0 Å². The zero-order valence-electron chi connectivity index (χ0n) is 17.4. The lowest BCUT2D eigenvalue weighted by Crippen LogP contribution is -2.45. The first kappa shape index (κ1) is 22.0. The SMILES string of the molecule is C[C@@H]1CN(c2nc(CNC(=O)CC3CC3)c(-c3ccnc(C(F)(F)F)c3)s2)C[C@H](C)O1. The third kappa shape index (κ3) is 5.54. The van der Waals surface area contributed by atoms with Gasteiger partial charge in [0.2, 0.25) is 5.91 Å². The van der Waals surface area contributed by atoms with Gasteiger partial charge in [-0.25, -0.2) is 4.98 Å². The molecule has 0 unspecified atom stereocenters. The largest absolute Gasteiger partial charge is 0.433 e. The van der Waals surface area contributed by atoms with Crippen molar-refractivity contribution >= 4 is 22.4 Å². The maximum absolute atomic E-state index is 13.2. The summed E-state index contributed by atoms with van der Waals surface area (Å²) in [6, 6.07) is 2.59. The molecule has 31 heavy (non-hydrogen) atoms. The van der Waals surface area contributed by atoms with E-state index in [-0.39, 0.29) is 24.7 Å². The first-order valence-electron chi connectivity index (χ1n) is 10.4. The van der Waals surface area contributed by atoms with Crippen LogP contribution in [-0.2, 0) is 22.3 Å². The first-order chi connectivity index (χ1) is 14.7. The van der Waals surface area contributed by atoms with E-state index in [0.29, 0.717) is 46.7 Å².